The largest absolute Gasteiger partial charge is 0.322 e. The standard InChI is InChI=1S/C24H26N2O3/c1-14-4-9-20-21(13-14)24(29)26(23(20)28)19-7-5-17(6-8-19)22(27)25-18-11-15(2)10-16(3)12-18/h5-8,10-12,14,20-21H,4,9,13H2,1-3H3,(H,25,27)/t14-,20-,21-/m0/s1. The number of hydrogen-bond donors (Lipinski definition) is 1. The molecule has 1 saturated heterocycles. The molecule has 29 heavy (non-hydrogen) atoms. The zero-order chi connectivity index (χ0) is 20.7. The summed E-state index contributed by atoms with van der Waals surface area (Å²) in [5, 5.41) is 2.91. The summed E-state index contributed by atoms with van der Waals surface area (Å²) >= 11 is 0. The van der Waals surface area contributed by atoms with Crippen molar-refractivity contribution in [2.75, 3.05) is 10.2 Å². The van der Waals surface area contributed by atoms with Crippen LogP contribution in [0.4, 0.5) is 11.4 Å². The van der Waals surface area contributed by atoms with Crippen molar-refractivity contribution < 1.29 is 14.4 Å². The van der Waals surface area contributed by atoms with Crippen molar-refractivity contribution in [2.24, 2.45) is 17.8 Å². The minimum Gasteiger partial charge on any atom is -0.322 e. The van der Waals surface area contributed by atoms with Crippen LogP contribution in [-0.4, -0.2) is 17.7 Å². The lowest BCUT2D eigenvalue weighted by Gasteiger charge is -2.25. The first kappa shape index (κ1) is 19.4. The highest BCUT2D eigenvalue weighted by Gasteiger charge is 2.49. The summed E-state index contributed by atoms with van der Waals surface area (Å²) in [6.07, 6.45) is 2.55. The second-order valence-electron chi connectivity index (χ2n) is 8.52. The maximum Gasteiger partial charge on any atom is 0.255 e. The lowest BCUT2D eigenvalue weighted by Crippen LogP contribution is -2.30. The maximum atomic E-state index is 12.8. The predicted molar refractivity (Wildman–Crippen MR) is 113 cm³/mol. The molecule has 150 valence electrons. The molecular formula is C24H26N2O3. The summed E-state index contributed by atoms with van der Waals surface area (Å²) in [5.41, 5.74) is 3.94. The highest BCUT2D eigenvalue weighted by atomic mass is 16.2. The van der Waals surface area contributed by atoms with Crippen LogP contribution in [-0.2, 0) is 9.59 Å². The predicted octanol–water partition coefficient (Wildman–Crippen LogP) is 4.48. The molecule has 3 atom stereocenters. The average Bonchev–Trinajstić information content (AvgIpc) is 2.91. The maximum absolute atomic E-state index is 12.8. The Kier molecular flexibility index (Phi) is 4.99. The number of amides is 3. The molecule has 0 spiro atoms. The zero-order valence-electron chi connectivity index (χ0n) is 17.1. The van der Waals surface area contributed by atoms with E-state index >= 15 is 0 Å². The molecule has 5 heteroatoms. The Bertz CT molecular complexity index is 960. The molecule has 1 heterocycles. The summed E-state index contributed by atoms with van der Waals surface area (Å²) in [6, 6.07) is 12.6. The smallest absolute Gasteiger partial charge is 0.255 e. The SMILES string of the molecule is Cc1cc(C)cc(NC(=O)c2ccc(N3C(=O)[C@H]4CC[C@H](C)C[C@@H]4C3=O)cc2)c1. The molecule has 1 saturated carbocycles. The van der Waals surface area contributed by atoms with Crippen molar-refractivity contribution in [2.45, 2.75) is 40.0 Å². The van der Waals surface area contributed by atoms with Gasteiger partial charge in [-0.3, -0.25) is 19.3 Å². The van der Waals surface area contributed by atoms with Gasteiger partial charge in [-0.25, -0.2) is 0 Å². The number of nitrogens with one attached hydrogen (secondary N) is 1. The summed E-state index contributed by atoms with van der Waals surface area (Å²) < 4.78 is 0. The Labute approximate surface area is 171 Å². The molecule has 2 aromatic rings. The van der Waals surface area contributed by atoms with Crippen molar-refractivity contribution >= 4 is 29.1 Å². The number of carbonyl (C=O) groups excluding carboxylic acids is 3. The van der Waals surface area contributed by atoms with Gasteiger partial charge in [0.2, 0.25) is 11.8 Å². The monoisotopic (exact) mass is 390 g/mol. The average molecular weight is 390 g/mol. The van der Waals surface area contributed by atoms with Crippen molar-refractivity contribution in [1.29, 1.82) is 0 Å². The van der Waals surface area contributed by atoms with Gasteiger partial charge < -0.3 is 5.32 Å². The van der Waals surface area contributed by atoms with Crippen molar-refractivity contribution in [3.63, 3.8) is 0 Å². The normalized spacial score (nSPS) is 23.8. The minimum absolute atomic E-state index is 0.0978. The molecule has 2 aliphatic rings. The quantitative estimate of drug-likeness (QED) is 0.786. The van der Waals surface area contributed by atoms with Crippen LogP contribution in [0.2, 0.25) is 0 Å². The van der Waals surface area contributed by atoms with Crippen molar-refractivity contribution in [3.05, 3.63) is 59.2 Å². The van der Waals surface area contributed by atoms with E-state index in [2.05, 4.69) is 12.2 Å². The Hall–Kier alpha value is -2.95. The van der Waals surface area contributed by atoms with E-state index in [1.54, 1.807) is 24.3 Å². The summed E-state index contributed by atoms with van der Waals surface area (Å²) in [4.78, 5) is 39.6. The van der Waals surface area contributed by atoms with Crippen LogP contribution in [0.1, 0.15) is 47.7 Å². The zero-order valence-corrected chi connectivity index (χ0v) is 17.1. The van der Waals surface area contributed by atoms with Gasteiger partial charge in [0.05, 0.1) is 17.5 Å². The number of carbonyl (C=O) groups is 3. The van der Waals surface area contributed by atoms with E-state index < -0.39 is 0 Å². The fourth-order valence-corrected chi connectivity index (χ4v) is 4.66. The van der Waals surface area contributed by atoms with Gasteiger partial charge in [-0.15, -0.1) is 0 Å². The molecule has 1 aliphatic heterocycles. The lowest BCUT2D eigenvalue weighted by atomic mass is 9.76. The molecule has 0 unspecified atom stereocenters. The number of benzene rings is 2. The second-order valence-corrected chi connectivity index (χ2v) is 8.52. The number of imide groups is 1. The van der Waals surface area contributed by atoms with E-state index in [1.807, 2.05) is 32.0 Å². The van der Waals surface area contributed by atoms with E-state index in [0.29, 0.717) is 17.2 Å². The van der Waals surface area contributed by atoms with Crippen LogP contribution < -0.4 is 10.2 Å². The van der Waals surface area contributed by atoms with Gasteiger partial charge in [0.1, 0.15) is 0 Å². The van der Waals surface area contributed by atoms with E-state index in [0.717, 1.165) is 36.1 Å². The number of nitrogens with zero attached hydrogens (tertiary/aromatic N) is 1. The molecule has 0 bridgehead atoms. The highest BCUT2D eigenvalue weighted by Crippen LogP contribution is 2.42. The van der Waals surface area contributed by atoms with Gasteiger partial charge in [0.15, 0.2) is 0 Å². The Morgan fingerprint density at radius 1 is 0.931 bits per heavy atom. The Morgan fingerprint density at radius 2 is 1.55 bits per heavy atom. The number of aryl methyl sites for hydroxylation is 2. The minimum atomic E-state index is -0.219. The summed E-state index contributed by atoms with van der Waals surface area (Å²) in [7, 11) is 0. The molecule has 5 nitrogen and oxygen atoms in total. The molecule has 2 fully saturated rings. The number of anilines is 2. The Morgan fingerprint density at radius 3 is 2.21 bits per heavy atom. The third-order valence-corrected chi connectivity index (χ3v) is 6.05. The van der Waals surface area contributed by atoms with Gasteiger partial charge >= 0.3 is 0 Å². The van der Waals surface area contributed by atoms with E-state index in [4.69, 9.17) is 0 Å². The topological polar surface area (TPSA) is 66.5 Å². The lowest BCUT2D eigenvalue weighted by molar-refractivity contribution is -0.122. The highest BCUT2D eigenvalue weighted by molar-refractivity contribution is 6.22. The van der Waals surface area contributed by atoms with Gasteiger partial charge in [0.25, 0.3) is 5.91 Å². The third kappa shape index (κ3) is 3.69. The van der Waals surface area contributed by atoms with Crippen LogP contribution >= 0.6 is 0 Å². The van der Waals surface area contributed by atoms with Crippen LogP contribution in [0.25, 0.3) is 0 Å². The van der Waals surface area contributed by atoms with E-state index in [9.17, 15) is 14.4 Å². The number of fused-ring (bicyclic) bond motifs is 1. The van der Waals surface area contributed by atoms with Crippen molar-refractivity contribution in [3.8, 4) is 0 Å². The summed E-state index contributed by atoms with van der Waals surface area (Å²) in [5.74, 6) is -0.323. The van der Waals surface area contributed by atoms with Gasteiger partial charge in [-0.05, 0) is 86.6 Å². The first-order valence-electron chi connectivity index (χ1n) is 10.2. The molecule has 2 aromatic carbocycles. The molecule has 3 amide bonds. The molecule has 4 rings (SSSR count). The molecule has 0 radical (unpaired) electrons. The van der Waals surface area contributed by atoms with E-state index in [1.165, 1.54) is 4.90 Å². The van der Waals surface area contributed by atoms with Gasteiger partial charge in [-0.1, -0.05) is 13.0 Å². The van der Waals surface area contributed by atoms with Gasteiger partial charge in [-0.2, -0.15) is 0 Å². The third-order valence-electron chi connectivity index (χ3n) is 6.05. The van der Waals surface area contributed by atoms with E-state index in [-0.39, 0.29) is 29.6 Å². The van der Waals surface area contributed by atoms with Crippen LogP contribution in [0, 0.1) is 31.6 Å². The first-order valence-corrected chi connectivity index (χ1v) is 10.2. The number of hydrogen-bond acceptors (Lipinski definition) is 3. The number of rotatable bonds is 3. The molecule has 1 aliphatic carbocycles. The first-order chi connectivity index (χ1) is 13.8. The molecular weight excluding hydrogens is 364 g/mol. The second kappa shape index (κ2) is 7.47. The molecule has 0 aromatic heterocycles. The van der Waals surface area contributed by atoms with Gasteiger partial charge in [0, 0.05) is 11.3 Å². The van der Waals surface area contributed by atoms with Crippen LogP contribution in [0.3, 0.4) is 0 Å². The van der Waals surface area contributed by atoms with Crippen LogP contribution in [0.15, 0.2) is 42.5 Å². The fourth-order valence-electron chi connectivity index (χ4n) is 4.66. The fraction of sp³-hybridized carbons (Fsp3) is 0.375. The Balaban J connectivity index is 1.51. The van der Waals surface area contributed by atoms with Crippen LogP contribution in [0.5, 0.6) is 0 Å². The molecule has 1 N–H and O–H groups in total. The van der Waals surface area contributed by atoms with Crippen molar-refractivity contribution in [1.82, 2.24) is 0 Å². The summed E-state index contributed by atoms with van der Waals surface area (Å²) in [6.45, 7) is 6.11.